The molecule has 2 fully saturated rings. The van der Waals surface area contributed by atoms with Crippen LogP contribution in [-0.4, -0.2) is 19.8 Å². The molecule has 2 rings (SSSR count). The molecule has 2 atom stereocenters. The summed E-state index contributed by atoms with van der Waals surface area (Å²) in [6.07, 6.45) is 8.21. The molecule has 1 saturated heterocycles. The third-order valence-electron chi connectivity index (χ3n) is 4.10. The lowest BCUT2D eigenvalue weighted by molar-refractivity contribution is 0.0565. The fourth-order valence-electron chi connectivity index (χ4n) is 3.14. The summed E-state index contributed by atoms with van der Waals surface area (Å²) in [5.41, 5.74) is 5.80. The molecule has 0 spiro atoms. The van der Waals surface area contributed by atoms with Gasteiger partial charge in [0.15, 0.2) is 0 Å². The molecule has 1 saturated carbocycles. The fourth-order valence-corrected chi connectivity index (χ4v) is 3.14. The third kappa shape index (κ3) is 2.48. The molecule has 2 nitrogen and oxygen atoms in total. The van der Waals surface area contributed by atoms with Crippen LogP contribution in [0.4, 0.5) is 0 Å². The summed E-state index contributed by atoms with van der Waals surface area (Å²) in [6, 6.07) is 0. The van der Waals surface area contributed by atoms with E-state index in [1.165, 1.54) is 38.5 Å². The highest BCUT2D eigenvalue weighted by Crippen LogP contribution is 2.37. The molecule has 0 radical (unpaired) electrons. The number of rotatable bonds is 3. The first kappa shape index (κ1) is 10.4. The van der Waals surface area contributed by atoms with Gasteiger partial charge in [0.05, 0.1) is 0 Å². The maximum absolute atomic E-state index is 5.80. The van der Waals surface area contributed by atoms with E-state index in [9.17, 15) is 0 Å². The zero-order valence-corrected chi connectivity index (χ0v) is 9.08. The van der Waals surface area contributed by atoms with Crippen LogP contribution in [0.5, 0.6) is 0 Å². The first-order chi connectivity index (χ1) is 6.90. The van der Waals surface area contributed by atoms with Crippen LogP contribution in [0, 0.1) is 17.8 Å². The SMILES string of the molecule is NCC1CCCC1CC1CCOCC1. The average Bonchev–Trinajstić information content (AvgIpc) is 2.67. The minimum absolute atomic E-state index is 0.831. The van der Waals surface area contributed by atoms with Crippen LogP contribution in [0.1, 0.15) is 38.5 Å². The van der Waals surface area contributed by atoms with E-state index in [0.29, 0.717) is 0 Å². The summed E-state index contributed by atoms with van der Waals surface area (Å²) in [5.74, 6) is 2.70. The maximum atomic E-state index is 5.80. The Labute approximate surface area is 87.2 Å². The normalized spacial score (nSPS) is 34.9. The van der Waals surface area contributed by atoms with E-state index in [4.69, 9.17) is 10.5 Å². The van der Waals surface area contributed by atoms with Crippen LogP contribution in [0.25, 0.3) is 0 Å². The second-order valence-corrected chi connectivity index (χ2v) is 4.98. The molecule has 2 N–H and O–H groups in total. The molecular formula is C12H23NO. The number of ether oxygens (including phenoxy) is 1. The maximum Gasteiger partial charge on any atom is 0.0468 e. The molecular weight excluding hydrogens is 174 g/mol. The number of hydrogen-bond acceptors (Lipinski definition) is 2. The van der Waals surface area contributed by atoms with Crippen molar-refractivity contribution in [1.82, 2.24) is 0 Å². The minimum atomic E-state index is 0.831. The molecule has 1 aliphatic heterocycles. The molecule has 1 aliphatic carbocycles. The third-order valence-corrected chi connectivity index (χ3v) is 4.10. The van der Waals surface area contributed by atoms with Gasteiger partial charge >= 0.3 is 0 Å². The summed E-state index contributed by atoms with van der Waals surface area (Å²) >= 11 is 0. The Hall–Kier alpha value is -0.0800. The predicted molar refractivity (Wildman–Crippen MR) is 58.0 cm³/mol. The van der Waals surface area contributed by atoms with E-state index >= 15 is 0 Å². The highest BCUT2D eigenvalue weighted by Gasteiger charge is 2.28. The van der Waals surface area contributed by atoms with Crippen molar-refractivity contribution in [3.63, 3.8) is 0 Å². The molecule has 0 amide bonds. The molecule has 2 aliphatic rings. The summed E-state index contributed by atoms with van der Waals surface area (Å²) in [5, 5.41) is 0. The van der Waals surface area contributed by atoms with Crippen LogP contribution in [0.15, 0.2) is 0 Å². The molecule has 0 aromatic carbocycles. The van der Waals surface area contributed by atoms with E-state index in [-0.39, 0.29) is 0 Å². The smallest absolute Gasteiger partial charge is 0.0468 e. The van der Waals surface area contributed by atoms with Gasteiger partial charge in [-0.25, -0.2) is 0 Å². The van der Waals surface area contributed by atoms with E-state index in [0.717, 1.165) is 37.5 Å². The first-order valence-corrected chi connectivity index (χ1v) is 6.18. The molecule has 82 valence electrons. The highest BCUT2D eigenvalue weighted by atomic mass is 16.5. The Bertz CT molecular complexity index is 166. The van der Waals surface area contributed by atoms with Gasteiger partial charge in [0.1, 0.15) is 0 Å². The standard InChI is InChI=1S/C12H23NO/c13-9-12-3-1-2-11(12)8-10-4-6-14-7-5-10/h10-12H,1-9,13H2. The monoisotopic (exact) mass is 197 g/mol. The van der Waals surface area contributed by atoms with Crippen LogP contribution in [-0.2, 0) is 4.74 Å². The van der Waals surface area contributed by atoms with Gasteiger partial charge in [0, 0.05) is 13.2 Å². The molecule has 2 unspecified atom stereocenters. The molecule has 2 heteroatoms. The molecule has 1 heterocycles. The van der Waals surface area contributed by atoms with Gasteiger partial charge in [-0.1, -0.05) is 12.8 Å². The van der Waals surface area contributed by atoms with Crippen LogP contribution in [0.2, 0.25) is 0 Å². The second kappa shape index (κ2) is 5.13. The van der Waals surface area contributed by atoms with E-state index in [1.54, 1.807) is 0 Å². The van der Waals surface area contributed by atoms with Gasteiger partial charge < -0.3 is 10.5 Å². The minimum Gasteiger partial charge on any atom is -0.381 e. The first-order valence-electron chi connectivity index (χ1n) is 6.18. The van der Waals surface area contributed by atoms with E-state index < -0.39 is 0 Å². The Balaban J connectivity index is 1.77. The van der Waals surface area contributed by atoms with Gasteiger partial charge in [0.25, 0.3) is 0 Å². The predicted octanol–water partition coefficient (Wildman–Crippen LogP) is 2.18. The van der Waals surface area contributed by atoms with Crippen molar-refractivity contribution in [1.29, 1.82) is 0 Å². The summed E-state index contributed by atoms with van der Waals surface area (Å²) in [4.78, 5) is 0. The van der Waals surface area contributed by atoms with Crippen molar-refractivity contribution in [2.45, 2.75) is 38.5 Å². The van der Waals surface area contributed by atoms with Gasteiger partial charge in [-0.05, 0) is 50.0 Å². The largest absolute Gasteiger partial charge is 0.381 e. The van der Waals surface area contributed by atoms with Crippen LogP contribution in [0.3, 0.4) is 0 Å². The lowest BCUT2D eigenvalue weighted by atomic mass is 9.83. The lowest BCUT2D eigenvalue weighted by Crippen LogP contribution is -2.23. The van der Waals surface area contributed by atoms with Crippen molar-refractivity contribution >= 4 is 0 Å². The van der Waals surface area contributed by atoms with Crippen molar-refractivity contribution in [2.75, 3.05) is 19.8 Å². The summed E-state index contributed by atoms with van der Waals surface area (Å²) in [6.45, 7) is 2.89. The van der Waals surface area contributed by atoms with Gasteiger partial charge in [-0.2, -0.15) is 0 Å². The zero-order chi connectivity index (χ0) is 9.80. The van der Waals surface area contributed by atoms with Crippen LogP contribution >= 0.6 is 0 Å². The number of nitrogens with two attached hydrogens (primary N) is 1. The van der Waals surface area contributed by atoms with Crippen molar-refractivity contribution in [3.8, 4) is 0 Å². The zero-order valence-electron chi connectivity index (χ0n) is 9.08. The Kier molecular flexibility index (Phi) is 3.82. The van der Waals surface area contributed by atoms with Crippen molar-refractivity contribution in [2.24, 2.45) is 23.5 Å². The Morgan fingerprint density at radius 3 is 2.43 bits per heavy atom. The van der Waals surface area contributed by atoms with E-state index in [2.05, 4.69) is 0 Å². The lowest BCUT2D eigenvalue weighted by Gasteiger charge is -2.27. The van der Waals surface area contributed by atoms with Crippen molar-refractivity contribution in [3.05, 3.63) is 0 Å². The molecule has 0 aromatic rings. The quantitative estimate of drug-likeness (QED) is 0.752. The topological polar surface area (TPSA) is 35.2 Å². The average molecular weight is 197 g/mol. The number of hydrogen-bond donors (Lipinski definition) is 1. The summed E-state index contributed by atoms with van der Waals surface area (Å²) < 4.78 is 5.39. The Morgan fingerprint density at radius 1 is 1.00 bits per heavy atom. The van der Waals surface area contributed by atoms with Gasteiger partial charge in [-0.15, -0.1) is 0 Å². The molecule has 14 heavy (non-hydrogen) atoms. The second-order valence-electron chi connectivity index (χ2n) is 4.98. The van der Waals surface area contributed by atoms with Gasteiger partial charge in [0.2, 0.25) is 0 Å². The highest BCUT2D eigenvalue weighted by molar-refractivity contribution is 4.80. The molecule has 0 bridgehead atoms. The molecule has 0 aromatic heterocycles. The summed E-state index contributed by atoms with van der Waals surface area (Å²) in [7, 11) is 0. The van der Waals surface area contributed by atoms with Crippen LogP contribution < -0.4 is 5.73 Å². The van der Waals surface area contributed by atoms with Gasteiger partial charge in [-0.3, -0.25) is 0 Å². The fraction of sp³-hybridized carbons (Fsp3) is 1.00. The Morgan fingerprint density at radius 2 is 1.71 bits per heavy atom. The van der Waals surface area contributed by atoms with E-state index in [1.807, 2.05) is 0 Å². The van der Waals surface area contributed by atoms with Crippen molar-refractivity contribution < 1.29 is 4.74 Å².